The van der Waals surface area contributed by atoms with Crippen LogP contribution in [0.2, 0.25) is 0 Å². The maximum Gasteiger partial charge on any atom is 0.253 e. The number of benzene rings is 1. The fraction of sp³-hybridized carbons (Fsp3) is 0.300. The minimum Gasteiger partial charge on any atom is -0.347 e. The molecule has 1 aromatic carbocycles. The summed E-state index contributed by atoms with van der Waals surface area (Å²) >= 11 is 0. The van der Waals surface area contributed by atoms with Gasteiger partial charge in [0.25, 0.3) is 5.70 Å². The van der Waals surface area contributed by atoms with E-state index in [-0.39, 0.29) is 11.2 Å². The zero-order valence-electron chi connectivity index (χ0n) is 14.4. The molecule has 0 atom stereocenters. The zero-order chi connectivity index (χ0) is 16.8. The van der Waals surface area contributed by atoms with Gasteiger partial charge in [0, 0.05) is 42.9 Å². The Morgan fingerprint density at radius 3 is 2.52 bits per heavy atom. The number of allylic oxidation sites excluding steroid dienone is 5. The van der Waals surface area contributed by atoms with E-state index in [2.05, 4.69) is 56.1 Å². The van der Waals surface area contributed by atoms with E-state index in [1.807, 2.05) is 30.7 Å². The quantitative estimate of drug-likeness (QED) is 0.586. The first-order valence-electron chi connectivity index (χ1n) is 7.89. The Labute approximate surface area is 137 Å². The molecule has 0 aliphatic carbocycles. The van der Waals surface area contributed by atoms with Gasteiger partial charge in [0.1, 0.15) is 7.05 Å². The van der Waals surface area contributed by atoms with E-state index in [4.69, 9.17) is 0 Å². The second kappa shape index (κ2) is 5.34. The summed E-state index contributed by atoms with van der Waals surface area (Å²) in [6.45, 7) is 6.46. The minimum absolute atomic E-state index is 0.0471. The number of fused-ring (bicyclic) bond motifs is 1. The molecule has 0 bridgehead atoms. The van der Waals surface area contributed by atoms with Gasteiger partial charge >= 0.3 is 0 Å². The van der Waals surface area contributed by atoms with Crippen LogP contribution in [-0.2, 0) is 10.2 Å². The van der Waals surface area contributed by atoms with Gasteiger partial charge in [-0.3, -0.25) is 4.79 Å². The van der Waals surface area contributed by atoms with Crippen molar-refractivity contribution in [1.82, 2.24) is 0 Å². The molecular weight excluding hydrogens is 284 g/mol. The number of hydrogen-bond donors (Lipinski definition) is 0. The Bertz CT molecular complexity index is 807. The van der Waals surface area contributed by atoms with E-state index in [0.29, 0.717) is 5.70 Å². The number of nitrogens with zero attached hydrogens (tertiary/aromatic N) is 2. The van der Waals surface area contributed by atoms with Gasteiger partial charge in [-0.1, -0.05) is 32.0 Å². The molecule has 0 radical (unpaired) electrons. The summed E-state index contributed by atoms with van der Waals surface area (Å²) in [4.78, 5) is 14.4. The van der Waals surface area contributed by atoms with Crippen LogP contribution >= 0.6 is 0 Å². The van der Waals surface area contributed by atoms with Gasteiger partial charge in [-0.05, 0) is 23.8 Å². The molecule has 0 fully saturated rings. The number of hydrogen-bond acceptors (Lipinski definition) is 2. The fourth-order valence-electron chi connectivity index (χ4n) is 3.40. The van der Waals surface area contributed by atoms with Gasteiger partial charge in [-0.25, -0.2) is 0 Å². The van der Waals surface area contributed by atoms with Crippen LogP contribution in [0.1, 0.15) is 26.3 Å². The van der Waals surface area contributed by atoms with Crippen LogP contribution in [-0.4, -0.2) is 30.2 Å². The predicted octanol–water partition coefficient (Wildman–Crippen LogP) is 3.42. The number of para-hydroxylation sites is 1. The second-order valence-electron chi connectivity index (χ2n) is 6.70. The van der Waals surface area contributed by atoms with Crippen molar-refractivity contribution >= 4 is 17.2 Å². The van der Waals surface area contributed by atoms with Crippen LogP contribution in [0.5, 0.6) is 0 Å². The van der Waals surface area contributed by atoms with Gasteiger partial charge in [-0.15, -0.1) is 0 Å². The van der Waals surface area contributed by atoms with Crippen molar-refractivity contribution in [2.75, 3.05) is 19.0 Å². The first kappa shape index (κ1) is 15.5. The third-order valence-corrected chi connectivity index (χ3v) is 4.96. The molecule has 2 aliphatic rings. The number of anilines is 1. The van der Waals surface area contributed by atoms with Crippen molar-refractivity contribution in [3.05, 3.63) is 65.5 Å². The van der Waals surface area contributed by atoms with Gasteiger partial charge in [0.15, 0.2) is 5.71 Å². The highest BCUT2D eigenvalue weighted by Gasteiger charge is 2.38. The smallest absolute Gasteiger partial charge is 0.253 e. The Balaban J connectivity index is 2.06. The molecule has 0 saturated carbocycles. The first-order valence-corrected chi connectivity index (χ1v) is 7.89. The second-order valence-corrected chi connectivity index (χ2v) is 6.70. The summed E-state index contributed by atoms with van der Waals surface area (Å²) in [5.41, 5.74) is 5.44. The monoisotopic (exact) mass is 307 g/mol. The Morgan fingerprint density at radius 2 is 1.83 bits per heavy atom. The lowest BCUT2D eigenvalue weighted by Gasteiger charge is -2.23. The molecule has 1 aromatic rings. The molecule has 0 saturated heterocycles. The van der Waals surface area contributed by atoms with Crippen molar-refractivity contribution in [2.45, 2.75) is 26.2 Å². The molecule has 3 heteroatoms. The van der Waals surface area contributed by atoms with Crippen LogP contribution in [0.15, 0.2) is 60.0 Å². The van der Waals surface area contributed by atoms with Crippen molar-refractivity contribution in [2.24, 2.45) is 0 Å². The van der Waals surface area contributed by atoms with Crippen molar-refractivity contribution < 1.29 is 9.37 Å². The number of likely N-dealkylation sites (N-methyl/N-ethyl adjacent to an activating group) is 2. The van der Waals surface area contributed by atoms with E-state index in [0.717, 1.165) is 5.71 Å². The maximum absolute atomic E-state index is 12.2. The molecule has 0 spiro atoms. The molecule has 2 aliphatic heterocycles. The lowest BCUT2D eigenvalue weighted by Crippen LogP contribution is -2.24. The molecule has 0 N–H and O–H groups in total. The van der Waals surface area contributed by atoms with E-state index in [9.17, 15) is 4.79 Å². The number of carbonyl (C=O) groups is 1. The highest BCUT2D eigenvalue weighted by atomic mass is 16.1. The van der Waals surface area contributed by atoms with Gasteiger partial charge in [-0.2, -0.15) is 4.58 Å². The average molecular weight is 307 g/mol. The Hall–Kier alpha value is -2.42. The lowest BCUT2D eigenvalue weighted by atomic mass is 9.83. The molecule has 118 valence electrons. The van der Waals surface area contributed by atoms with Crippen LogP contribution in [0.4, 0.5) is 5.69 Å². The largest absolute Gasteiger partial charge is 0.347 e. The molecule has 23 heavy (non-hydrogen) atoms. The SMILES string of the molecule is CC1=[N+](C)/C(=C\C=C2/N(C)c3ccccc3C2(C)C)C(=O)C=C1. The minimum atomic E-state index is -0.0761. The standard InChI is InChI=1S/C20H23N2O/c1-14-10-12-18(23)17(21(14)4)11-13-19-20(2,3)15-8-6-7-9-16(15)22(19)5/h6-13H,1-5H3/q+1/b17-11-,19-13-. The third-order valence-electron chi connectivity index (χ3n) is 4.96. The van der Waals surface area contributed by atoms with Crippen LogP contribution in [0.25, 0.3) is 0 Å². The molecule has 0 amide bonds. The molecular formula is C20H23N2O+. The first-order chi connectivity index (χ1) is 10.8. The zero-order valence-corrected chi connectivity index (χ0v) is 14.4. The van der Waals surface area contributed by atoms with Crippen molar-refractivity contribution in [1.29, 1.82) is 0 Å². The van der Waals surface area contributed by atoms with E-state index >= 15 is 0 Å². The van der Waals surface area contributed by atoms with Gasteiger partial charge < -0.3 is 4.90 Å². The lowest BCUT2D eigenvalue weighted by molar-refractivity contribution is -0.437. The maximum atomic E-state index is 12.2. The highest BCUT2D eigenvalue weighted by Crippen LogP contribution is 2.46. The van der Waals surface area contributed by atoms with Crippen molar-refractivity contribution in [3.8, 4) is 0 Å². The van der Waals surface area contributed by atoms with Crippen LogP contribution < -0.4 is 4.90 Å². The summed E-state index contributed by atoms with van der Waals surface area (Å²) in [6, 6.07) is 8.47. The van der Waals surface area contributed by atoms with Crippen molar-refractivity contribution in [3.63, 3.8) is 0 Å². The summed E-state index contributed by atoms with van der Waals surface area (Å²) < 4.78 is 1.94. The van der Waals surface area contributed by atoms with Gasteiger partial charge in [0.2, 0.25) is 5.78 Å². The summed E-state index contributed by atoms with van der Waals surface area (Å²) in [5, 5.41) is 0. The van der Waals surface area contributed by atoms with Crippen LogP contribution in [0, 0.1) is 0 Å². The average Bonchev–Trinajstić information content (AvgIpc) is 2.72. The fourth-order valence-corrected chi connectivity index (χ4v) is 3.40. The topological polar surface area (TPSA) is 23.3 Å². The molecule has 3 nitrogen and oxygen atoms in total. The third kappa shape index (κ3) is 2.37. The van der Waals surface area contributed by atoms with Crippen LogP contribution in [0.3, 0.4) is 0 Å². The molecule has 2 heterocycles. The van der Waals surface area contributed by atoms with E-state index in [1.54, 1.807) is 6.08 Å². The summed E-state index contributed by atoms with van der Waals surface area (Å²) in [6.07, 6.45) is 7.51. The summed E-state index contributed by atoms with van der Waals surface area (Å²) in [5.74, 6) is 0.0471. The molecule has 0 aromatic heterocycles. The Morgan fingerprint density at radius 1 is 1.13 bits per heavy atom. The normalized spacial score (nSPS) is 23.2. The van der Waals surface area contributed by atoms with Gasteiger partial charge in [0.05, 0.1) is 0 Å². The van der Waals surface area contributed by atoms with E-state index in [1.165, 1.54) is 16.9 Å². The highest BCUT2D eigenvalue weighted by molar-refractivity contribution is 6.09. The molecule has 0 unspecified atom stereocenters. The van der Waals surface area contributed by atoms with E-state index < -0.39 is 0 Å². The predicted molar refractivity (Wildman–Crippen MR) is 95.0 cm³/mol. The number of rotatable bonds is 1. The Kier molecular flexibility index (Phi) is 3.59. The number of carbonyl (C=O) groups excluding carboxylic acids is 1. The summed E-state index contributed by atoms with van der Waals surface area (Å²) in [7, 11) is 4.01. The number of ketones is 1. The molecule has 3 rings (SSSR count).